The van der Waals surface area contributed by atoms with Crippen LogP contribution in [0.25, 0.3) is 0 Å². The van der Waals surface area contributed by atoms with Crippen molar-refractivity contribution in [2.24, 2.45) is 0 Å². The standard InChI is InChI=1S/C16H20BrClN2S/c1-16(2,3)14-9-21-15(20-14)8-13(19-4)10-5-6-11(17)12(18)7-10/h5-7,9,13,19H,8H2,1-4H3. The molecule has 1 heterocycles. The van der Waals surface area contributed by atoms with Gasteiger partial charge >= 0.3 is 0 Å². The van der Waals surface area contributed by atoms with E-state index in [4.69, 9.17) is 16.6 Å². The summed E-state index contributed by atoms with van der Waals surface area (Å²) in [5, 5.41) is 7.41. The van der Waals surface area contributed by atoms with Crippen molar-refractivity contribution in [3.8, 4) is 0 Å². The Hall–Kier alpha value is -0.420. The Labute approximate surface area is 144 Å². The predicted octanol–water partition coefficient (Wildman–Crippen LogP) is 5.36. The van der Waals surface area contributed by atoms with Gasteiger partial charge in [-0.25, -0.2) is 4.98 Å². The number of hydrogen-bond acceptors (Lipinski definition) is 3. The Balaban J connectivity index is 2.19. The van der Waals surface area contributed by atoms with Crippen molar-refractivity contribution < 1.29 is 0 Å². The fraction of sp³-hybridized carbons (Fsp3) is 0.438. The average Bonchev–Trinajstić information content (AvgIpc) is 2.88. The number of rotatable bonds is 4. The number of nitrogens with zero attached hydrogens (tertiary/aromatic N) is 1. The van der Waals surface area contributed by atoms with Crippen LogP contribution in [0, 0.1) is 0 Å². The van der Waals surface area contributed by atoms with Gasteiger partial charge in [0.1, 0.15) is 0 Å². The molecule has 2 rings (SSSR count). The first-order valence-electron chi connectivity index (χ1n) is 6.88. The van der Waals surface area contributed by atoms with Gasteiger partial charge in [0.15, 0.2) is 0 Å². The summed E-state index contributed by atoms with van der Waals surface area (Å²) in [6.07, 6.45) is 0.870. The second kappa shape index (κ2) is 6.78. The molecule has 0 radical (unpaired) electrons. The molecule has 0 aliphatic heterocycles. The Morgan fingerprint density at radius 3 is 2.62 bits per heavy atom. The van der Waals surface area contributed by atoms with E-state index in [1.807, 2.05) is 19.2 Å². The highest BCUT2D eigenvalue weighted by Crippen LogP contribution is 2.29. The zero-order chi connectivity index (χ0) is 15.6. The first-order valence-corrected chi connectivity index (χ1v) is 8.93. The van der Waals surface area contributed by atoms with Crippen LogP contribution in [0.4, 0.5) is 0 Å². The van der Waals surface area contributed by atoms with E-state index in [-0.39, 0.29) is 11.5 Å². The van der Waals surface area contributed by atoms with Crippen LogP contribution in [-0.4, -0.2) is 12.0 Å². The first kappa shape index (κ1) is 16.9. The second-order valence-electron chi connectivity index (χ2n) is 6.10. The van der Waals surface area contributed by atoms with Gasteiger partial charge in [-0.15, -0.1) is 11.3 Å². The molecule has 0 spiro atoms. The Morgan fingerprint density at radius 1 is 1.38 bits per heavy atom. The third-order valence-corrected chi connectivity index (χ3v) is 5.50. The molecule has 0 bridgehead atoms. The SMILES string of the molecule is CNC(Cc1nc(C(C)(C)C)cs1)c1ccc(Br)c(Cl)c1. The fourth-order valence-electron chi connectivity index (χ4n) is 2.04. The molecule has 114 valence electrons. The quantitative estimate of drug-likeness (QED) is 0.764. The molecule has 1 atom stereocenters. The first-order chi connectivity index (χ1) is 9.81. The monoisotopic (exact) mass is 386 g/mol. The van der Waals surface area contributed by atoms with Gasteiger partial charge in [0.25, 0.3) is 0 Å². The number of halogens is 2. The molecule has 0 amide bonds. The lowest BCUT2D eigenvalue weighted by Crippen LogP contribution is -2.19. The topological polar surface area (TPSA) is 24.9 Å². The summed E-state index contributed by atoms with van der Waals surface area (Å²) in [6, 6.07) is 6.31. The maximum atomic E-state index is 6.19. The van der Waals surface area contributed by atoms with Gasteiger partial charge in [-0.05, 0) is 40.7 Å². The number of likely N-dealkylation sites (N-methyl/N-ethyl adjacent to an activating group) is 1. The number of benzene rings is 1. The molecule has 1 N–H and O–H groups in total. The van der Waals surface area contributed by atoms with Crippen molar-refractivity contribution >= 4 is 38.9 Å². The molecule has 0 saturated carbocycles. The fourth-order valence-corrected chi connectivity index (χ4v) is 3.54. The summed E-state index contributed by atoms with van der Waals surface area (Å²) >= 11 is 11.4. The van der Waals surface area contributed by atoms with E-state index in [1.54, 1.807) is 11.3 Å². The summed E-state index contributed by atoms with van der Waals surface area (Å²) in [6.45, 7) is 6.57. The van der Waals surface area contributed by atoms with Gasteiger partial charge in [-0.1, -0.05) is 38.4 Å². The van der Waals surface area contributed by atoms with E-state index < -0.39 is 0 Å². The highest BCUT2D eigenvalue weighted by Gasteiger charge is 2.19. The Bertz CT molecular complexity index is 619. The zero-order valence-corrected chi connectivity index (χ0v) is 15.9. The molecule has 1 aromatic heterocycles. The van der Waals surface area contributed by atoms with E-state index in [1.165, 1.54) is 5.56 Å². The van der Waals surface area contributed by atoms with Gasteiger partial charge in [0.2, 0.25) is 0 Å². The van der Waals surface area contributed by atoms with Gasteiger partial charge < -0.3 is 5.32 Å². The highest BCUT2D eigenvalue weighted by atomic mass is 79.9. The van der Waals surface area contributed by atoms with E-state index in [0.29, 0.717) is 0 Å². The van der Waals surface area contributed by atoms with E-state index in [2.05, 4.69) is 53.5 Å². The van der Waals surface area contributed by atoms with Gasteiger partial charge in [0, 0.05) is 27.7 Å². The molecule has 5 heteroatoms. The van der Waals surface area contributed by atoms with Crippen molar-refractivity contribution in [1.29, 1.82) is 0 Å². The molecule has 0 fully saturated rings. The molecule has 1 aromatic carbocycles. The third-order valence-electron chi connectivity index (χ3n) is 3.39. The van der Waals surface area contributed by atoms with Gasteiger partial charge in [-0.3, -0.25) is 0 Å². The molecular weight excluding hydrogens is 368 g/mol. The number of hydrogen-bond donors (Lipinski definition) is 1. The molecular formula is C16H20BrClN2S. The smallest absolute Gasteiger partial charge is 0.0947 e. The maximum absolute atomic E-state index is 6.19. The van der Waals surface area contributed by atoms with Crippen LogP contribution in [0.15, 0.2) is 28.1 Å². The van der Waals surface area contributed by atoms with Crippen molar-refractivity contribution in [3.63, 3.8) is 0 Å². The Morgan fingerprint density at radius 2 is 2.10 bits per heavy atom. The molecule has 0 aliphatic carbocycles. The van der Waals surface area contributed by atoms with Crippen LogP contribution in [0.1, 0.15) is 43.1 Å². The molecule has 2 aromatic rings. The predicted molar refractivity (Wildman–Crippen MR) is 95.5 cm³/mol. The van der Waals surface area contributed by atoms with E-state index in [0.717, 1.165) is 26.6 Å². The average molecular weight is 388 g/mol. The number of thiazole rings is 1. The Kier molecular flexibility index (Phi) is 5.47. The molecule has 2 nitrogen and oxygen atoms in total. The highest BCUT2D eigenvalue weighted by molar-refractivity contribution is 9.10. The van der Waals surface area contributed by atoms with Crippen LogP contribution in [0.2, 0.25) is 5.02 Å². The molecule has 1 unspecified atom stereocenters. The van der Waals surface area contributed by atoms with Crippen molar-refractivity contribution in [2.45, 2.75) is 38.6 Å². The van der Waals surface area contributed by atoms with Crippen LogP contribution in [0.5, 0.6) is 0 Å². The zero-order valence-electron chi connectivity index (χ0n) is 12.7. The van der Waals surface area contributed by atoms with E-state index in [9.17, 15) is 0 Å². The molecule has 21 heavy (non-hydrogen) atoms. The largest absolute Gasteiger partial charge is 0.313 e. The minimum absolute atomic E-state index is 0.102. The number of nitrogens with one attached hydrogen (secondary N) is 1. The van der Waals surface area contributed by atoms with Gasteiger partial charge in [-0.2, -0.15) is 0 Å². The summed E-state index contributed by atoms with van der Waals surface area (Å²) in [5.74, 6) is 0. The van der Waals surface area contributed by atoms with Crippen LogP contribution in [0.3, 0.4) is 0 Å². The minimum atomic E-state index is 0.102. The molecule has 0 saturated heterocycles. The lowest BCUT2D eigenvalue weighted by Gasteiger charge is -2.17. The van der Waals surface area contributed by atoms with Gasteiger partial charge in [0.05, 0.1) is 15.7 Å². The van der Waals surface area contributed by atoms with E-state index >= 15 is 0 Å². The van der Waals surface area contributed by atoms with Crippen molar-refractivity contribution in [3.05, 3.63) is 49.3 Å². The molecule has 0 aliphatic rings. The van der Waals surface area contributed by atoms with Crippen LogP contribution >= 0.6 is 38.9 Å². The van der Waals surface area contributed by atoms with Crippen LogP contribution in [-0.2, 0) is 11.8 Å². The third kappa shape index (κ3) is 4.28. The second-order valence-corrected chi connectivity index (χ2v) is 8.30. The summed E-state index contributed by atoms with van der Waals surface area (Å²) < 4.78 is 0.923. The maximum Gasteiger partial charge on any atom is 0.0947 e. The summed E-state index contributed by atoms with van der Waals surface area (Å²) in [7, 11) is 1.97. The minimum Gasteiger partial charge on any atom is -0.313 e. The summed E-state index contributed by atoms with van der Waals surface area (Å²) in [4.78, 5) is 4.77. The van der Waals surface area contributed by atoms with Crippen LogP contribution < -0.4 is 5.32 Å². The lowest BCUT2D eigenvalue weighted by molar-refractivity contribution is 0.560. The summed E-state index contributed by atoms with van der Waals surface area (Å²) in [5.41, 5.74) is 2.44. The number of aromatic nitrogens is 1. The van der Waals surface area contributed by atoms with Crippen molar-refractivity contribution in [2.75, 3.05) is 7.05 Å². The normalized spacial score (nSPS) is 13.4. The lowest BCUT2D eigenvalue weighted by atomic mass is 9.93. The van der Waals surface area contributed by atoms with Crippen molar-refractivity contribution in [1.82, 2.24) is 10.3 Å².